The van der Waals surface area contributed by atoms with Crippen molar-refractivity contribution in [3.05, 3.63) is 125 Å². The molecule has 4 aromatic carbocycles. The Hall–Kier alpha value is -5.01. The third kappa shape index (κ3) is 9.50. The third-order valence-corrected chi connectivity index (χ3v) is 7.69. The molecule has 0 saturated carbocycles. The van der Waals surface area contributed by atoms with Crippen LogP contribution in [0.15, 0.2) is 97.1 Å². The summed E-state index contributed by atoms with van der Waals surface area (Å²) in [6, 6.07) is 23.1. The molecule has 0 radical (unpaired) electrons. The first-order chi connectivity index (χ1) is 22.1. The molecule has 1 unspecified atom stereocenters. The summed E-state index contributed by atoms with van der Waals surface area (Å²) in [5.74, 6) is -1.74. The summed E-state index contributed by atoms with van der Waals surface area (Å²) in [6.45, 7) is -0.272. The summed E-state index contributed by atoms with van der Waals surface area (Å²) in [6.07, 6.45) is -3.76. The van der Waals surface area contributed by atoms with Crippen molar-refractivity contribution >= 4 is 33.5 Å². The number of hydrogen-bond donors (Lipinski definition) is 2. The van der Waals surface area contributed by atoms with Crippen molar-refractivity contribution in [2.75, 3.05) is 32.3 Å². The van der Waals surface area contributed by atoms with Crippen molar-refractivity contribution in [2.45, 2.75) is 18.6 Å². The van der Waals surface area contributed by atoms with Gasteiger partial charge in [0.1, 0.15) is 6.61 Å². The zero-order chi connectivity index (χ0) is 34.4. The molecule has 0 saturated heterocycles. The summed E-state index contributed by atoms with van der Waals surface area (Å²) in [5, 5.41) is 2.72. The van der Waals surface area contributed by atoms with E-state index < -0.39 is 45.6 Å². The number of carbonyl (C=O) groups is 3. The van der Waals surface area contributed by atoms with Crippen molar-refractivity contribution in [3.8, 4) is 11.1 Å². The van der Waals surface area contributed by atoms with E-state index in [9.17, 15) is 36.0 Å². The first-order valence-electron chi connectivity index (χ1n) is 14.2. The van der Waals surface area contributed by atoms with E-state index >= 15 is 0 Å². The summed E-state index contributed by atoms with van der Waals surface area (Å²) in [5.41, 5.74) is 1.36. The molecule has 13 heteroatoms. The monoisotopic (exact) mass is 667 g/mol. The van der Waals surface area contributed by atoms with Gasteiger partial charge in [-0.1, -0.05) is 66.7 Å². The number of nitrogens with zero attached hydrogens (tertiary/aromatic N) is 1. The van der Waals surface area contributed by atoms with Crippen molar-refractivity contribution in [2.24, 2.45) is 0 Å². The molecule has 0 spiro atoms. The van der Waals surface area contributed by atoms with Gasteiger partial charge in [0.15, 0.2) is 0 Å². The average Bonchev–Trinajstić information content (AvgIpc) is 3.03. The fraction of sp³-hybridized carbons (Fsp3) is 0.206. The Kier molecular flexibility index (Phi) is 10.8. The fourth-order valence-electron chi connectivity index (χ4n) is 4.73. The van der Waals surface area contributed by atoms with Gasteiger partial charge in [0.25, 0.3) is 11.8 Å². The lowest BCUT2D eigenvalue weighted by Gasteiger charge is -2.19. The molecule has 0 bridgehead atoms. The van der Waals surface area contributed by atoms with E-state index in [-0.39, 0.29) is 29.8 Å². The highest BCUT2D eigenvalue weighted by Gasteiger charge is 2.30. The number of amides is 2. The lowest BCUT2D eigenvalue weighted by atomic mass is 9.97. The van der Waals surface area contributed by atoms with Crippen LogP contribution in [0, 0.1) is 0 Å². The Morgan fingerprint density at radius 1 is 0.851 bits per heavy atom. The van der Waals surface area contributed by atoms with E-state index in [2.05, 4.69) is 10.0 Å². The molecule has 1 atom stereocenters. The number of rotatable bonds is 11. The molecule has 9 nitrogen and oxygen atoms in total. The van der Waals surface area contributed by atoms with Crippen molar-refractivity contribution in [1.29, 1.82) is 0 Å². The van der Waals surface area contributed by atoms with Crippen molar-refractivity contribution in [3.63, 3.8) is 0 Å². The number of ether oxygens (including phenoxy) is 1. The topological polar surface area (TPSA) is 122 Å². The van der Waals surface area contributed by atoms with Gasteiger partial charge in [-0.3, -0.25) is 14.4 Å². The zero-order valence-electron chi connectivity index (χ0n) is 25.7. The number of carbonyl (C=O) groups excluding carboxylic acids is 3. The largest absolute Gasteiger partial charge is 0.463 e. The molecule has 0 aromatic heterocycles. The molecule has 0 aliphatic rings. The molecule has 4 aromatic rings. The molecule has 246 valence electrons. The summed E-state index contributed by atoms with van der Waals surface area (Å²) in [4.78, 5) is 40.7. The minimum Gasteiger partial charge on any atom is -0.463 e. The van der Waals surface area contributed by atoms with E-state index in [0.29, 0.717) is 22.3 Å². The minimum absolute atomic E-state index is 0.0848. The fourth-order valence-corrected chi connectivity index (χ4v) is 5.45. The molecule has 2 N–H and O–H groups in total. The third-order valence-electron chi connectivity index (χ3n) is 6.98. The molecular formula is C34H32F3N3O6S. The maximum Gasteiger partial charge on any atom is 0.416 e. The molecule has 2 amide bonds. The number of anilines is 1. The van der Waals surface area contributed by atoms with Crippen LogP contribution in [0.3, 0.4) is 0 Å². The maximum absolute atomic E-state index is 13.5. The smallest absolute Gasteiger partial charge is 0.416 e. The number of benzene rings is 4. The Morgan fingerprint density at radius 2 is 1.49 bits per heavy atom. The molecule has 0 aliphatic carbocycles. The Labute approximate surface area is 270 Å². The van der Waals surface area contributed by atoms with Crippen LogP contribution in [0.4, 0.5) is 18.9 Å². The van der Waals surface area contributed by atoms with Crippen LogP contribution in [0.25, 0.3) is 11.1 Å². The second-order valence-electron chi connectivity index (χ2n) is 10.9. The normalized spacial score (nSPS) is 12.2. The first-order valence-corrected chi connectivity index (χ1v) is 16.1. The highest BCUT2D eigenvalue weighted by molar-refractivity contribution is 7.88. The van der Waals surface area contributed by atoms with Crippen LogP contribution in [0.1, 0.15) is 43.4 Å². The van der Waals surface area contributed by atoms with Gasteiger partial charge in [-0.15, -0.1) is 0 Å². The summed E-state index contributed by atoms with van der Waals surface area (Å²) >= 11 is 0. The van der Waals surface area contributed by atoms with Crippen LogP contribution in [-0.2, 0) is 32.2 Å². The minimum atomic E-state index is -4.51. The van der Waals surface area contributed by atoms with E-state index in [0.717, 1.165) is 18.4 Å². The van der Waals surface area contributed by atoms with Gasteiger partial charge < -0.3 is 15.0 Å². The van der Waals surface area contributed by atoms with Gasteiger partial charge in [-0.05, 0) is 52.6 Å². The molecule has 47 heavy (non-hydrogen) atoms. The highest BCUT2D eigenvalue weighted by Crippen LogP contribution is 2.32. The van der Waals surface area contributed by atoms with E-state index in [4.69, 9.17) is 4.74 Å². The van der Waals surface area contributed by atoms with Crippen LogP contribution in [0.5, 0.6) is 0 Å². The van der Waals surface area contributed by atoms with Gasteiger partial charge in [0.2, 0.25) is 10.0 Å². The number of sulfonamides is 1. The van der Waals surface area contributed by atoms with Gasteiger partial charge >= 0.3 is 12.1 Å². The van der Waals surface area contributed by atoms with E-state index in [1.54, 1.807) is 48.5 Å². The van der Waals surface area contributed by atoms with E-state index in [1.165, 1.54) is 55.4 Å². The number of halogens is 3. The number of esters is 1. The predicted molar refractivity (Wildman–Crippen MR) is 171 cm³/mol. The second-order valence-corrected chi connectivity index (χ2v) is 12.6. The first kappa shape index (κ1) is 34.9. The lowest BCUT2D eigenvalue weighted by Crippen LogP contribution is -2.31. The Balaban J connectivity index is 1.54. The summed E-state index contributed by atoms with van der Waals surface area (Å²) < 4.78 is 70.8. The van der Waals surface area contributed by atoms with Gasteiger partial charge in [0, 0.05) is 19.7 Å². The number of hydrogen-bond acceptors (Lipinski definition) is 6. The molecule has 0 aliphatic heterocycles. The standard InChI is InChI=1S/C34H32F3N3O6S/c1-40(2)33(43)28-19-22(20-31(41)46-21-30(39-47(3,44)45)24-9-5-4-6-10-24)13-18-29(28)38-32(42)27-12-8-7-11-26(27)23-14-16-25(17-15-23)34(35,36)37/h4-19,30,39H,20-21H2,1-3H3,(H,38,42). The van der Waals surface area contributed by atoms with Crippen molar-refractivity contribution < 1.29 is 40.7 Å². The summed E-state index contributed by atoms with van der Waals surface area (Å²) in [7, 11) is -0.579. The number of alkyl halides is 3. The molecule has 0 heterocycles. The second kappa shape index (κ2) is 14.6. The Morgan fingerprint density at radius 3 is 2.11 bits per heavy atom. The van der Waals surface area contributed by atoms with Crippen LogP contribution in [0.2, 0.25) is 0 Å². The SMILES string of the molecule is CN(C)C(=O)c1cc(CC(=O)OCC(NS(C)(=O)=O)c2ccccc2)ccc1NC(=O)c1ccccc1-c1ccc(C(F)(F)F)cc1. The Bertz CT molecular complexity index is 1860. The maximum atomic E-state index is 13.5. The van der Waals surface area contributed by atoms with Gasteiger partial charge in [-0.2, -0.15) is 13.2 Å². The highest BCUT2D eigenvalue weighted by atomic mass is 32.2. The van der Waals surface area contributed by atoms with Crippen LogP contribution < -0.4 is 10.0 Å². The van der Waals surface area contributed by atoms with E-state index in [1.807, 2.05) is 0 Å². The quantitative estimate of drug-likeness (QED) is 0.198. The molecule has 4 rings (SSSR count). The van der Waals surface area contributed by atoms with Crippen LogP contribution >= 0.6 is 0 Å². The van der Waals surface area contributed by atoms with Gasteiger partial charge in [-0.25, -0.2) is 13.1 Å². The molecule has 0 fully saturated rings. The lowest BCUT2D eigenvalue weighted by molar-refractivity contribution is -0.143. The zero-order valence-corrected chi connectivity index (χ0v) is 26.5. The van der Waals surface area contributed by atoms with Gasteiger partial charge in [0.05, 0.1) is 35.5 Å². The number of nitrogens with one attached hydrogen (secondary N) is 2. The predicted octanol–water partition coefficient (Wildman–Crippen LogP) is 5.70. The van der Waals surface area contributed by atoms with Crippen LogP contribution in [-0.4, -0.2) is 58.1 Å². The molecular weight excluding hydrogens is 635 g/mol. The average molecular weight is 668 g/mol. The van der Waals surface area contributed by atoms with Crippen molar-refractivity contribution in [1.82, 2.24) is 9.62 Å².